The average Bonchev–Trinajstić information content (AvgIpc) is 2.74. The number of ether oxygens (including phenoxy) is 1. The molecule has 1 aromatic carbocycles. The number of anilines is 1. The van der Waals surface area contributed by atoms with Crippen LogP contribution in [0.3, 0.4) is 0 Å². The van der Waals surface area contributed by atoms with Crippen molar-refractivity contribution in [2.24, 2.45) is 11.8 Å². The molecule has 2 heterocycles. The summed E-state index contributed by atoms with van der Waals surface area (Å²) in [7, 11) is -2.17. The second-order valence-electron chi connectivity index (χ2n) is 8.66. The molecule has 2 fully saturated rings. The molecule has 0 bridgehead atoms. The van der Waals surface area contributed by atoms with E-state index in [-0.39, 0.29) is 4.90 Å². The van der Waals surface area contributed by atoms with Crippen molar-refractivity contribution in [3.05, 3.63) is 18.2 Å². The molecule has 1 aromatic rings. The smallest absolute Gasteiger partial charge is 0.246 e. The van der Waals surface area contributed by atoms with Gasteiger partial charge in [-0.15, -0.1) is 0 Å². The van der Waals surface area contributed by atoms with E-state index in [1.54, 1.807) is 29.4 Å². The molecule has 8 heteroatoms. The summed E-state index contributed by atoms with van der Waals surface area (Å²) in [5, 5.41) is 15.8. The fourth-order valence-corrected chi connectivity index (χ4v) is 6.30. The van der Waals surface area contributed by atoms with Crippen molar-refractivity contribution in [3.8, 4) is 5.75 Å². The number of methoxy groups -OCH3 is 1. The molecule has 0 spiro atoms. The third-order valence-corrected chi connectivity index (χ3v) is 8.33. The highest BCUT2D eigenvalue weighted by molar-refractivity contribution is 7.89. The SMILES string of the molecule is COc1ccc(NC(C)O)cc1S(=O)(=O)N1CCC(CCCC2CCNCC2)CC1. The summed E-state index contributed by atoms with van der Waals surface area (Å²) in [6.45, 7) is 5.00. The molecule has 7 nitrogen and oxygen atoms in total. The number of hydrogen-bond acceptors (Lipinski definition) is 6. The van der Waals surface area contributed by atoms with Crippen LogP contribution in [0.4, 0.5) is 5.69 Å². The molecule has 1 atom stereocenters. The highest BCUT2D eigenvalue weighted by Gasteiger charge is 2.31. The van der Waals surface area contributed by atoms with Gasteiger partial charge in [-0.1, -0.05) is 19.3 Å². The topological polar surface area (TPSA) is 90.9 Å². The molecule has 0 radical (unpaired) electrons. The second kappa shape index (κ2) is 10.8. The third-order valence-electron chi connectivity index (χ3n) is 6.41. The molecule has 2 aliphatic heterocycles. The maximum absolute atomic E-state index is 13.3. The Bertz CT molecular complexity index is 771. The van der Waals surface area contributed by atoms with Gasteiger partial charge >= 0.3 is 0 Å². The van der Waals surface area contributed by atoms with Gasteiger partial charge in [0.25, 0.3) is 0 Å². The Kier molecular flexibility index (Phi) is 8.39. The molecule has 3 rings (SSSR count). The molecule has 170 valence electrons. The first-order chi connectivity index (χ1) is 14.4. The first kappa shape index (κ1) is 23.3. The Morgan fingerprint density at radius 2 is 1.80 bits per heavy atom. The summed E-state index contributed by atoms with van der Waals surface area (Å²) in [6, 6.07) is 4.89. The van der Waals surface area contributed by atoms with E-state index in [0.717, 1.165) is 31.8 Å². The Balaban J connectivity index is 1.56. The van der Waals surface area contributed by atoms with E-state index >= 15 is 0 Å². The summed E-state index contributed by atoms with van der Waals surface area (Å²) < 4.78 is 33.5. The highest BCUT2D eigenvalue weighted by atomic mass is 32.2. The molecular formula is C22H37N3O4S. The van der Waals surface area contributed by atoms with Crippen molar-refractivity contribution in [2.45, 2.75) is 63.0 Å². The number of aliphatic hydroxyl groups is 1. The maximum Gasteiger partial charge on any atom is 0.246 e. The number of hydrogen-bond donors (Lipinski definition) is 3. The number of nitrogens with one attached hydrogen (secondary N) is 2. The van der Waals surface area contributed by atoms with Crippen molar-refractivity contribution >= 4 is 15.7 Å². The number of benzene rings is 1. The summed E-state index contributed by atoms with van der Waals surface area (Å²) in [5.74, 6) is 1.81. The highest BCUT2D eigenvalue weighted by Crippen LogP contribution is 2.33. The van der Waals surface area contributed by atoms with Crippen molar-refractivity contribution in [2.75, 3.05) is 38.6 Å². The molecule has 0 aliphatic carbocycles. The van der Waals surface area contributed by atoms with E-state index < -0.39 is 16.3 Å². The zero-order chi connectivity index (χ0) is 21.6. The van der Waals surface area contributed by atoms with Gasteiger partial charge in [0, 0.05) is 18.8 Å². The second-order valence-corrected chi connectivity index (χ2v) is 10.6. The Labute approximate surface area is 181 Å². The standard InChI is InChI=1S/C22H37N3O4S/c1-17(26)24-20-6-7-21(29-2)22(16-20)30(27,28)25-14-10-19(11-15-25)5-3-4-18-8-12-23-13-9-18/h6-7,16-19,23-24,26H,3-5,8-15H2,1-2H3. The number of nitrogens with zero attached hydrogens (tertiary/aromatic N) is 1. The first-order valence-electron chi connectivity index (χ1n) is 11.2. The predicted molar refractivity (Wildman–Crippen MR) is 119 cm³/mol. The van der Waals surface area contributed by atoms with E-state index in [1.165, 1.54) is 39.2 Å². The lowest BCUT2D eigenvalue weighted by Crippen LogP contribution is -2.38. The minimum absolute atomic E-state index is 0.153. The van der Waals surface area contributed by atoms with Crippen LogP contribution in [0.5, 0.6) is 5.75 Å². The zero-order valence-corrected chi connectivity index (χ0v) is 19.1. The number of sulfonamides is 1. The van der Waals surface area contributed by atoms with E-state index in [1.807, 2.05) is 0 Å². The normalized spacial score (nSPS) is 20.8. The quantitative estimate of drug-likeness (QED) is 0.513. The van der Waals surface area contributed by atoms with Gasteiger partial charge in [-0.05, 0) is 75.7 Å². The van der Waals surface area contributed by atoms with Crippen molar-refractivity contribution in [1.82, 2.24) is 9.62 Å². The van der Waals surface area contributed by atoms with Gasteiger partial charge in [0.05, 0.1) is 7.11 Å². The third kappa shape index (κ3) is 6.09. The molecule has 2 saturated heterocycles. The lowest BCUT2D eigenvalue weighted by molar-refractivity contribution is 0.224. The van der Waals surface area contributed by atoms with Crippen LogP contribution in [-0.4, -0.2) is 57.3 Å². The first-order valence-corrected chi connectivity index (χ1v) is 12.7. The van der Waals surface area contributed by atoms with Gasteiger partial charge in [0.15, 0.2) is 0 Å². The molecule has 30 heavy (non-hydrogen) atoms. The largest absolute Gasteiger partial charge is 0.495 e. The predicted octanol–water partition coefficient (Wildman–Crippen LogP) is 3.02. The van der Waals surface area contributed by atoms with E-state index in [4.69, 9.17) is 4.74 Å². The van der Waals surface area contributed by atoms with Crippen LogP contribution in [0.25, 0.3) is 0 Å². The van der Waals surface area contributed by atoms with Crippen LogP contribution in [0, 0.1) is 11.8 Å². The molecule has 0 aromatic heterocycles. The van der Waals surface area contributed by atoms with Gasteiger partial charge in [0.2, 0.25) is 10.0 Å². The Morgan fingerprint density at radius 1 is 1.17 bits per heavy atom. The summed E-state index contributed by atoms with van der Waals surface area (Å²) >= 11 is 0. The minimum Gasteiger partial charge on any atom is -0.495 e. The molecule has 2 aliphatic rings. The molecule has 1 unspecified atom stereocenters. The maximum atomic E-state index is 13.3. The number of piperidine rings is 2. The average molecular weight is 440 g/mol. The van der Waals surface area contributed by atoms with E-state index in [0.29, 0.717) is 30.4 Å². The van der Waals surface area contributed by atoms with Crippen LogP contribution in [0.1, 0.15) is 51.9 Å². The fraction of sp³-hybridized carbons (Fsp3) is 0.727. The minimum atomic E-state index is -3.64. The van der Waals surface area contributed by atoms with Crippen LogP contribution in [-0.2, 0) is 10.0 Å². The van der Waals surface area contributed by atoms with Gasteiger partial charge in [-0.25, -0.2) is 8.42 Å². The van der Waals surface area contributed by atoms with Crippen LogP contribution in [0.2, 0.25) is 0 Å². The summed E-state index contributed by atoms with van der Waals surface area (Å²) in [6.07, 6.45) is 7.41. The van der Waals surface area contributed by atoms with Gasteiger partial charge in [0.1, 0.15) is 16.9 Å². The number of aliphatic hydroxyl groups excluding tert-OH is 1. The van der Waals surface area contributed by atoms with Crippen LogP contribution >= 0.6 is 0 Å². The van der Waals surface area contributed by atoms with E-state index in [2.05, 4.69) is 10.6 Å². The molecule has 0 amide bonds. The summed E-state index contributed by atoms with van der Waals surface area (Å²) in [5.41, 5.74) is 0.553. The lowest BCUT2D eigenvalue weighted by Gasteiger charge is -2.32. The van der Waals surface area contributed by atoms with Gasteiger partial charge in [-0.2, -0.15) is 4.31 Å². The number of rotatable bonds is 9. The Hall–Kier alpha value is -1.35. The van der Waals surface area contributed by atoms with E-state index in [9.17, 15) is 13.5 Å². The zero-order valence-electron chi connectivity index (χ0n) is 18.3. The molecular weight excluding hydrogens is 402 g/mol. The van der Waals surface area contributed by atoms with Crippen LogP contribution < -0.4 is 15.4 Å². The molecule has 0 saturated carbocycles. The van der Waals surface area contributed by atoms with Gasteiger partial charge in [-0.3, -0.25) is 0 Å². The van der Waals surface area contributed by atoms with Crippen molar-refractivity contribution in [1.29, 1.82) is 0 Å². The van der Waals surface area contributed by atoms with Crippen molar-refractivity contribution < 1.29 is 18.3 Å². The molecule has 3 N–H and O–H groups in total. The monoisotopic (exact) mass is 439 g/mol. The van der Waals surface area contributed by atoms with Crippen LogP contribution in [0.15, 0.2) is 23.1 Å². The van der Waals surface area contributed by atoms with Crippen molar-refractivity contribution in [3.63, 3.8) is 0 Å². The fourth-order valence-electron chi connectivity index (χ4n) is 4.65. The summed E-state index contributed by atoms with van der Waals surface area (Å²) in [4.78, 5) is 0.153. The Morgan fingerprint density at radius 3 is 2.40 bits per heavy atom. The van der Waals surface area contributed by atoms with Gasteiger partial charge < -0.3 is 20.5 Å². The lowest BCUT2D eigenvalue weighted by atomic mass is 9.87.